The SMILES string of the molecule is CCCNC(=O)C=CC(=O)O. The number of carboxylic acids is 1. The van der Waals surface area contributed by atoms with E-state index in [0.717, 1.165) is 18.6 Å². The third kappa shape index (κ3) is 6.57. The van der Waals surface area contributed by atoms with Crippen LogP contribution in [0.3, 0.4) is 0 Å². The van der Waals surface area contributed by atoms with Crippen LogP contribution in [-0.4, -0.2) is 23.5 Å². The van der Waals surface area contributed by atoms with Gasteiger partial charge in [0.05, 0.1) is 0 Å². The molecule has 0 rings (SSSR count). The van der Waals surface area contributed by atoms with Crippen LogP contribution in [0, 0.1) is 0 Å². The summed E-state index contributed by atoms with van der Waals surface area (Å²) in [7, 11) is 0. The van der Waals surface area contributed by atoms with Crippen molar-refractivity contribution < 1.29 is 14.7 Å². The van der Waals surface area contributed by atoms with Crippen molar-refractivity contribution in [3.05, 3.63) is 12.2 Å². The first-order valence-electron chi connectivity index (χ1n) is 3.35. The Morgan fingerprint density at radius 2 is 2.09 bits per heavy atom. The topological polar surface area (TPSA) is 66.4 Å². The first-order chi connectivity index (χ1) is 5.16. The van der Waals surface area contributed by atoms with Gasteiger partial charge >= 0.3 is 5.97 Å². The van der Waals surface area contributed by atoms with Gasteiger partial charge in [-0.15, -0.1) is 0 Å². The van der Waals surface area contributed by atoms with Gasteiger partial charge < -0.3 is 10.4 Å². The van der Waals surface area contributed by atoms with Crippen LogP contribution in [-0.2, 0) is 9.59 Å². The molecule has 2 N–H and O–H groups in total. The Hall–Kier alpha value is -1.32. The van der Waals surface area contributed by atoms with Crippen LogP contribution >= 0.6 is 0 Å². The maximum Gasteiger partial charge on any atom is 0.328 e. The quantitative estimate of drug-likeness (QED) is 0.571. The fourth-order valence-corrected chi connectivity index (χ4v) is 0.454. The average molecular weight is 157 g/mol. The van der Waals surface area contributed by atoms with Gasteiger partial charge in [0.25, 0.3) is 0 Å². The molecule has 4 nitrogen and oxygen atoms in total. The molecule has 0 bridgehead atoms. The van der Waals surface area contributed by atoms with Gasteiger partial charge in [-0.1, -0.05) is 6.92 Å². The van der Waals surface area contributed by atoms with Gasteiger partial charge in [0, 0.05) is 18.7 Å². The van der Waals surface area contributed by atoms with Crippen molar-refractivity contribution in [3.8, 4) is 0 Å². The molecule has 0 heterocycles. The maximum atomic E-state index is 10.6. The fourth-order valence-electron chi connectivity index (χ4n) is 0.454. The summed E-state index contributed by atoms with van der Waals surface area (Å²) in [6.45, 7) is 2.49. The number of aliphatic carboxylic acids is 1. The molecule has 0 aromatic rings. The van der Waals surface area contributed by atoms with Crippen molar-refractivity contribution in [1.29, 1.82) is 0 Å². The minimum absolute atomic E-state index is 0.366. The van der Waals surface area contributed by atoms with E-state index < -0.39 is 5.97 Å². The molecule has 62 valence electrons. The number of carbonyl (C=O) groups is 2. The van der Waals surface area contributed by atoms with Crippen LogP contribution in [0.5, 0.6) is 0 Å². The monoisotopic (exact) mass is 157 g/mol. The highest BCUT2D eigenvalue weighted by Crippen LogP contribution is 1.75. The summed E-state index contributed by atoms with van der Waals surface area (Å²) < 4.78 is 0. The fraction of sp³-hybridized carbons (Fsp3) is 0.429. The van der Waals surface area contributed by atoms with E-state index >= 15 is 0 Å². The highest BCUT2D eigenvalue weighted by Gasteiger charge is 1.93. The summed E-state index contributed by atoms with van der Waals surface area (Å²) >= 11 is 0. The zero-order valence-electron chi connectivity index (χ0n) is 6.33. The van der Waals surface area contributed by atoms with Crippen LogP contribution < -0.4 is 5.32 Å². The number of carboxylic acid groups (broad SMARTS) is 1. The second-order valence-electron chi connectivity index (χ2n) is 1.96. The predicted octanol–water partition coefficient (Wildman–Crippen LogP) is 0.153. The molecule has 0 spiro atoms. The third-order valence-electron chi connectivity index (χ3n) is 0.927. The molecule has 0 saturated carbocycles. The van der Waals surface area contributed by atoms with E-state index in [9.17, 15) is 9.59 Å². The summed E-state index contributed by atoms with van der Waals surface area (Å²) in [6, 6.07) is 0. The normalized spacial score (nSPS) is 9.91. The van der Waals surface area contributed by atoms with Crippen LogP contribution in [0.2, 0.25) is 0 Å². The molecule has 1 amide bonds. The summed E-state index contributed by atoms with van der Waals surface area (Å²) in [5.74, 6) is -1.48. The number of hydrogen-bond donors (Lipinski definition) is 2. The van der Waals surface area contributed by atoms with Gasteiger partial charge in [0.1, 0.15) is 0 Å². The Morgan fingerprint density at radius 1 is 1.45 bits per heavy atom. The number of nitrogens with one attached hydrogen (secondary N) is 1. The smallest absolute Gasteiger partial charge is 0.328 e. The molecule has 4 heteroatoms. The Morgan fingerprint density at radius 3 is 2.55 bits per heavy atom. The molecule has 0 radical (unpaired) electrons. The van der Waals surface area contributed by atoms with Crippen molar-refractivity contribution >= 4 is 11.9 Å². The van der Waals surface area contributed by atoms with Gasteiger partial charge in [-0.25, -0.2) is 4.79 Å². The van der Waals surface area contributed by atoms with E-state index in [-0.39, 0.29) is 5.91 Å². The lowest BCUT2D eigenvalue weighted by Crippen LogP contribution is -2.21. The average Bonchev–Trinajstić information content (AvgIpc) is 1.97. The molecule has 0 aliphatic carbocycles. The van der Waals surface area contributed by atoms with Gasteiger partial charge in [-0.3, -0.25) is 4.79 Å². The molecule has 0 atom stereocenters. The summed E-state index contributed by atoms with van der Waals surface area (Å²) in [5, 5.41) is 10.6. The molecule has 0 aromatic carbocycles. The zero-order chi connectivity index (χ0) is 8.69. The van der Waals surface area contributed by atoms with Crippen LogP contribution in [0.1, 0.15) is 13.3 Å². The van der Waals surface area contributed by atoms with Crippen molar-refractivity contribution in [3.63, 3.8) is 0 Å². The van der Waals surface area contributed by atoms with E-state index in [1.807, 2.05) is 6.92 Å². The first-order valence-corrected chi connectivity index (χ1v) is 3.35. The van der Waals surface area contributed by atoms with Crippen molar-refractivity contribution in [1.82, 2.24) is 5.32 Å². The summed E-state index contributed by atoms with van der Waals surface area (Å²) in [4.78, 5) is 20.6. The lowest BCUT2D eigenvalue weighted by Gasteiger charge is -1.95. The minimum Gasteiger partial charge on any atom is -0.478 e. The van der Waals surface area contributed by atoms with Crippen molar-refractivity contribution in [2.75, 3.05) is 6.54 Å². The molecule has 0 aromatic heterocycles. The second kappa shape index (κ2) is 5.46. The highest BCUT2D eigenvalue weighted by atomic mass is 16.4. The lowest BCUT2D eigenvalue weighted by atomic mass is 10.4. The summed E-state index contributed by atoms with van der Waals surface area (Å²) in [6.07, 6.45) is 2.65. The van der Waals surface area contributed by atoms with E-state index in [1.54, 1.807) is 0 Å². The molecule has 0 fully saturated rings. The summed E-state index contributed by atoms with van der Waals surface area (Å²) in [5.41, 5.74) is 0. The van der Waals surface area contributed by atoms with E-state index in [4.69, 9.17) is 5.11 Å². The molecule has 0 aliphatic rings. The maximum absolute atomic E-state index is 10.6. The Bertz CT molecular complexity index is 175. The van der Waals surface area contributed by atoms with Crippen LogP contribution in [0.25, 0.3) is 0 Å². The predicted molar refractivity (Wildman–Crippen MR) is 40.1 cm³/mol. The standard InChI is InChI=1S/C7H11NO3/c1-2-5-8-6(9)3-4-7(10)11/h3-4H,2,5H2,1H3,(H,8,9)(H,10,11). The molecule has 0 unspecified atom stereocenters. The van der Waals surface area contributed by atoms with Gasteiger partial charge in [-0.05, 0) is 6.42 Å². The number of amides is 1. The highest BCUT2D eigenvalue weighted by molar-refractivity contribution is 5.93. The first kappa shape index (κ1) is 9.68. The largest absolute Gasteiger partial charge is 0.478 e. The number of rotatable bonds is 4. The van der Waals surface area contributed by atoms with Crippen molar-refractivity contribution in [2.24, 2.45) is 0 Å². The second-order valence-corrected chi connectivity index (χ2v) is 1.96. The molecular weight excluding hydrogens is 146 g/mol. The molecule has 0 saturated heterocycles. The Labute approximate surface area is 64.9 Å². The van der Waals surface area contributed by atoms with Gasteiger partial charge in [0.2, 0.25) is 5.91 Å². The Balaban J connectivity index is 3.60. The number of carbonyl (C=O) groups excluding carboxylic acids is 1. The van der Waals surface area contributed by atoms with Crippen molar-refractivity contribution in [2.45, 2.75) is 13.3 Å². The molecule has 0 aliphatic heterocycles. The Kier molecular flexibility index (Phi) is 4.81. The molecule has 11 heavy (non-hydrogen) atoms. The van der Waals surface area contributed by atoms with E-state index in [0.29, 0.717) is 6.54 Å². The van der Waals surface area contributed by atoms with Gasteiger partial charge in [-0.2, -0.15) is 0 Å². The van der Waals surface area contributed by atoms with Gasteiger partial charge in [0.15, 0.2) is 0 Å². The molecular formula is C7H11NO3. The van der Waals surface area contributed by atoms with E-state index in [2.05, 4.69) is 5.32 Å². The zero-order valence-corrected chi connectivity index (χ0v) is 6.33. The minimum atomic E-state index is -1.11. The third-order valence-corrected chi connectivity index (χ3v) is 0.927. The van der Waals surface area contributed by atoms with Crippen LogP contribution in [0.4, 0.5) is 0 Å². The lowest BCUT2D eigenvalue weighted by molar-refractivity contribution is -0.131. The number of hydrogen-bond acceptors (Lipinski definition) is 2. The van der Waals surface area contributed by atoms with Crippen LogP contribution in [0.15, 0.2) is 12.2 Å². The van der Waals surface area contributed by atoms with E-state index in [1.165, 1.54) is 0 Å².